The molecule has 9 nitrogen and oxygen atoms in total. The fourth-order valence-corrected chi connectivity index (χ4v) is 3.78. The van der Waals surface area contributed by atoms with Gasteiger partial charge in [0.2, 0.25) is 5.82 Å². The van der Waals surface area contributed by atoms with Crippen LogP contribution in [0.2, 0.25) is 0 Å². The number of nitrogens with zero attached hydrogens (tertiary/aromatic N) is 4. The van der Waals surface area contributed by atoms with Crippen molar-refractivity contribution in [3.8, 4) is 0 Å². The molecular formula is C19H25N6O3+. The van der Waals surface area contributed by atoms with Gasteiger partial charge in [0.25, 0.3) is 5.56 Å². The normalized spacial score (nSPS) is 16.5. The molecule has 0 radical (unpaired) electrons. The molecule has 4 rings (SSSR count). The zero-order chi connectivity index (χ0) is 19.5. The van der Waals surface area contributed by atoms with Crippen LogP contribution in [0, 0.1) is 6.92 Å². The number of nitrogens with one attached hydrogen (secondary N) is 2. The minimum Gasteiger partial charge on any atom is -0.383 e. The number of hydrogen-bond donors (Lipinski definition) is 2. The Morgan fingerprint density at radius 2 is 2.14 bits per heavy atom. The number of aromatic amines is 1. The lowest BCUT2D eigenvalue weighted by atomic mass is 10.0. The Hall–Kier alpha value is -2.62. The van der Waals surface area contributed by atoms with Crippen LogP contribution in [-0.2, 0) is 16.0 Å². The molecule has 0 spiro atoms. The first-order valence-electron chi connectivity index (χ1n) is 9.48. The van der Waals surface area contributed by atoms with Gasteiger partial charge in [0.1, 0.15) is 13.1 Å². The molecular weight excluding hydrogens is 360 g/mol. The number of aryl methyl sites for hydroxylation is 1. The number of quaternary nitrogens is 1. The van der Waals surface area contributed by atoms with E-state index in [2.05, 4.69) is 26.6 Å². The molecule has 2 aromatic heterocycles. The van der Waals surface area contributed by atoms with Gasteiger partial charge >= 0.3 is 0 Å². The largest absolute Gasteiger partial charge is 0.383 e. The zero-order valence-electron chi connectivity index (χ0n) is 16.1. The van der Waals surface area contributed by atoms with E-state index in [4.69, 9.17) is 9.47 Å². The maximum Gasteiger partial charge on any atom is 0.258 e. The number of tetrazole rings is 1. The van der Waals surface area contributed by atoms with E-state index in [9.17, 15) is 4.79 Å². The van der Waals surface area contributed by atoms with Crippen LogP contribution in [0.15, 0.2) is 29.1 Å². The summed E-state index contributed by atoms with van der Waals surface area (Å²) in [5.41, 5.74) is 2.53. The van der Waals surface area contributed by atoms with Crippen molar-refractivity contribution in [3.05, 3.63) is 51.6 Å². The van der Waals surface area contributed by atoms with Crippen molar-refractivity contribution >= 4 is 10.9 Å². The van der Waals surface area contributed by atoms with Gasteiger partial charge in [0.15, 0.2) is 6.04 Å². The quantitative estimate of drug-likeness (QED) is 0.592. The third-order valence-electron chi connectivity index (χ3n) is 5.21. The topological polar surface area (TPSA) is 99.4 Å². The van der Waals surface area contributed by atoms with Crippen molar-refractivity contribution in [3.63, 3.8) is 0 Å². The summed E-state index contributed by atoms with van der Waals surface area (Å²) in [5, 5.41) is 13.3. The minimum absolute atomic E-state index is 0.110. The number of morpholine rings is 1. The highest BCUT2D eigenvalue weighted by atomic mass is 16.5. The maximum atomic E-state index is 13.0. The fourth-order valence-electron chi connectivity index (χ4n) is 3.78. The molecule has 148 valence electrons. The van der Waals surface area contributed by atoms with Gasteiger partial charge in [0, 0.05) is 12.6 Å². The Morgan fingerprint density at radius 1 is 1.32 bits per heavy atom. The van der Waals surface area contributed by atoms with Crippen LogP contribution >= 0.6 is 0 Å². The van der Waals surface area contributed by atoms with Crippen molar-refractivity contribution in [2.45, 2.75) is 19.5 Å². The summed E-state index contributed by atoms with van der Waals surface area (Å²) in [6, 6.07) is 7.71. The lowest BCUT2D eigenvalue weighted by Crippen LogP contribution is -3.14. The second-order valence-electron chi connectivity index (χ2n) is 7.10. The van der Waals surface area contributed by atoms with E-state index in [0.717, 1.165) is 29.6 Å². The first-order valence-corrected chi connectivity index (χ1v) is 9.48. The number of fused-ring (bicyclic) bond motifs is 1. The van der Waals surface area contributed by atoms with E-state index in [1.807, 2.05) is 25.1 Å². The molecule has 1 aliphatic rings. The van der Waals surface area contributed by atoms with Crippen molar-refractivity contribution in [2.75, 3.05) is 40.0 Å². The van der Waals surface area contributed by atoms with E-state index in [0.29, 0.717) is 37.8 Å². The molecule has 2 N–H and O–H groups in total. The average Bonchev–Trinajstić information content (AvgIpc) is 3.16. The van der Waals surface area contributed by atoms with E-state index in [1.165, 1.54) is 4.90 Å². The van der Waals surface area contributed by atoms with Gasteiger partial charge in [-0.1, -0.05) is 11.6 Å². The number of pyridine rings is 1. The van der Waals surface area contributed by atoms with Crippen molar-refractivity contribution < 1.29 is 14.4 Å². The molecule has 1 aromatic carbocycles. The molecule has 0 saturated carbocycles. The van der Waals surface area contributed by atoms with Gasteiger partial charge in [-0.2, -0.15) is 0 Å². The number of rotatable bonds is 6. The maximum absolute atomic E-state index is 13.0. The Kier molecular flexibility index (Phi) is 5.47. The molecule has 3 heterocycles. The summed E-state index contributed by atoms with van der Waals surface area (Å²) in [6.45, 7) is 5.94. The summed E-state index contributed by atoms with van der Waals surface area (Å²) in [6.07, 6.45) is 0. The molecule has 9 heteroatoms. The number of H-pyrrole nitrogens is 1. The molecule has 1 fully saturated rings. The van der Waals surface area contributed by atoms with E-state index in [-0.39, 0.29) is 11.6 Å². The van der Waals surface area contributed by atoms with Gasteiger partial charge in [-0.3, -0.25) is 4.79 Å². The van der Waals surface area contributed by atoms with Crippen molar-refractivity contribution in [2.24, 2.45) is 0 Å². The van der Waals surface area contributed by atoms with Gasteiger partial charge in [0.05, 0.1) is 31.9 Å². The Morgan fingerprint density at radius 3 is 2.93 bits per heavy atom. The van der Waals surface area contributed by atoms with Gasteiger partial charge in [-0.15, -0.1) is 5.10 Å². The smallest absolute Gasteiger partial charge is 0.258 e. The molecule has 3 aromatic rings. The average molecular weight is 385 g/mol. The third kappa shape index (κ3) is 3.68. The third-order valence-corrected chi connectivity index (χ3v) is 5.21. The molecule has 1 aliphatic heterocycles. The number of hydrogen-bond acceptors (Lipinski definition) is 6. The second kappa shape index (κ2) is 8.17. The van der Waals surface area contributed by atoms with E-state index < -0.39 is 0 Å². The molecule has 0 bridgehead atoms. The number of benzene rings is 1. The minimum atomic E-state index is -0.274. The first kappa shape index (κ1) is 18.7. The molecule has 0 aliphatic carbocycles. The highest BCUT2D eigenvalue weighted by Crippen LogP contribution is 2.19. The molecule has 0 amide bonds. The highest BCUT2D eigenvalue weighted by molar-refractivity contribution is 5.79. The first-order chi connectivity index (χ1) is 13.7. The predicted octanol–water partition coefficient (Wildman–Crippen LogP) is -0.526. The molecule has 1 saturated heterocycles. The standard InChI is InChI=1S/C19H24N6O3/c1-13-3-4-16-14(11-13)12-15(19(26)20-16)17(24-5-9-28-10-6-24)18-21-22-23-25(18)7-8-27-2/h3-4,11-12,17H,5-10H2,1-2H3,(H,20,26)/p+1/t17-/m0/s1. The monoisotopic (exact) mass is 385 g/mol. The number of methoxy groups -OCH3 is 1. The summed E-state index contributed by atoms with van der Waals surface area (Å²) in [5.74, 6) is 0.673. The zero-order valence-corrected chi connectivity index (χ0v) is 16.1. The van der Waals surface area contributed by atoms with Gasteiger partial charge in [-0.25, -0.2) is 4.68 Å². The summed E-state index contributed by atoms with van der Waals surface area (Å²) < 4.78 is 12.4. The van der Waals surface area contributed by atoms with Crippen LogP contribution in [0.5, 0.6) is 0 Å². The van der Waals surface area contributed by atoms with Gasteiger partial charge in [-0.05, 0) is 40.9 Å². The summed E-state index contributed by atoms with van der Waals surface area (Å²) in [7, 11) is 1.64. The predicted molar refractivity (Wildman–Crippen MR) is 102 cm³/mol. The summed E-state index contributed by atoms with van der Waals surface area (Å²) in [4.78, 5) is 17.3. The van der Waals surface area contributed by atoms with Crippen LogP contribution in [0.3, 0.4) is 0 Å². The van der Waals surface area contributed by atoms with Crippen LogP contribution in [0.1, 0.15) is 23.0 Å². The van der Waals surface area contributed by atoms with Crippen LogP contribution in [-0.4, -0.2) is 65.2 Å². The molecule has 28 heavy (non-hydrogen) atoms. The number of aromatic nitrogens is 5. The molecule has 1 atom stereocenters. The lowest BCUT2D eigenvalue weighted by Gasteiger charge is -2.30. The summed E-state index contributed by atoms with van der Waals surface area (Å²) >= 11 is 0. The Labute approximate surface area is 162 Å². The molecule has 0 unspecified atom stereocenters. The van der Waals surface area contributed by atoms with Crippen LogP contribution in [0.4, 0.5) is 0 Å². The Bertz CT molecular complexity index is 1010. The fraction of sp³-hybridized carbons (Fsp3) is 0.474. The number of ether oxygens (including phenoxy) is 2. The SMILES string of the molecule is COCCn1nnnc1[C@H](c1cc2cc(C)ccc2[nH]c1=O)[NH+]1CCOCC1. The lowest BCUT2D eigenvalue weighted by molar-refractivity contribution is -0.933. The Balaban J connectivity index is 1.84. The van der Waals surface area contributed by atoms with Crippen molar-refractivity contribution in [1.82, 2.24) is 25.2 Å². The second-order valence-corrected chi connectivity index (χ2v) is 7.10. The highest BCUT2D eigenvalue weighted by Gasteiger charge is 2.35. The van der Waals surface area contributed by atoms with E-state index in [1.54, 1.807) is 11.8 Å². The van der Waals surface area contributed by atoms with Crippen LogP contribution < -0.4 is 10.5 Å². The van der Waals surface area contributed by atoms with Crippen molar-refractivity contribution in [1.29, 1.82) is 0 Å². The van der Waals surface area contributed by atoms with E-state index >= 15 is 0 Å². The van der Waals surface area contributed by atoms with Gasteiger partial charge < -0.3 is 19.4 Å². The van der Waals surface area contributed by atoms with Crippen LogP contribution in [0.25, 0.3) is 10.9 Å².